The van der Waals surface area contributed by atoms with Crippen molar-refractivity contribution in [2.75, 3.05) is 4.90 Å². The second-order valence-corrected chi connectivity index (χ2v) is 8.99. The van der Waals surface area contributed by atoms with Gasteiger partial charge in [0, 0.05) is 17.4 Å². The van der Waals surface area contributed by atoms with Crippen molar-refractivity contribution in [1.82, 2.24) is 4.98 Å². The molecule has 1 saturated heterocycles. The van der Waals surface area contributed by atoms with Gasteiger partial charge in [0.05, 0.1) is 11.3 Å². The minimum Gasteiger partial charge on any atom is -0.507 e. The Labute approximate surface area is 215 Å². The number of ketones is 1. The van der Waals surface area contributed by atoms with E-state index in [0.717, 1.165) is 16.7 Å². The molecule has 3 aromatic carbocycles. The Morgan fingerprint density at radius 2 is 1.62 bits per heavy atom. The number of carbonyl (C=O) groups excluding carboxylic acids is 2. The number of hydrogen-bond acceptors (Lipinski definition) is 5. The van der Waals surface area contributed by atoms with Crippen molar-refractivity contribution < 1.29 is 19.4 Å². The van der Waals surface area contributed by atoms with Crippen LogP contribution in [-0.2, 0) is 16.2 Å². The van der Waals surface area contributed by atoms with E-state index in [-0.39, 0.29) is 11.3 Å². The molecule has 0 bridgehead atoms. The summed E-state index contributed by atoms with van der Waals surface area (Å²) in [5.74, 6) is -1.06. The van der Waals surface area contributed by atoms with Crippen LogP contribution in [-0.4, -0.2) is 21.8 Å². The number of rotatable bonds is 6. The predicted molar refractivity (Wildman–Crippen MR) is 142 cm³/mol. The third-order valence-corrected chi connectivity index (χ3v) is 6.56. The number of amides is 1. The number of carbonyl (C=O) groups is 2. The summed E-state index contributed by atoms with van der Waals surface area (Å²) in [7, 11) is 0. The summed E-state index contributed by atoms with van der Waals surface area (Å²) in [5.41, 5.74) is 4.55. The van der Waals surface area contributed by atoms with Crippen LogP contribution in [0.3, 0.4) is 0 Å². The summed E-state index contributed by atoms with van der Waals surface area (Å²) in [6, 6.07) is 26.7. The Bertz CT molecular complexity index is 1480. The maximum absolute atomic E-state index is 13.3. The maximum Gasteiger partial charge on any atom is 0.300 e. The summed E-state index contributed by atoms with van der Waals surface area (Å²) >= 11 is 0. The minimum atomic E-state index is -0.876. The summed E-state index contributed by atoms with van der Waals surface area (Å²) < 4.78 is 5.88. The van der Waals surface area contributed by atoms with Crippen molar-refractivity contribution in [1.29, 1.82) is 0 Å². The molecule has 2 heterocycles. The molecule has 1 N–H and O–H groups in total. The first-order valence-corrected chi connectivity index (χ1v) is 12.0. The van der Waals surface area contributed by atoms with E-state index in [2.05, 4.69) is 4.98 Å². The third kappa shape index (κ3) is 4.74. The van der Waals surface area contributed by atoms with Gasteiger partial charge >= 0.3 is 0 Å². The van der Waals surface area contributed by atoms with Crippen LogP contribution in [0.5, 0.6) is 5.75 Å². The number of benzene rings is 3. The van der Waals surface area contributed by atoms with Crippen molar-refractivity contribution in [3.05, 3.63) is 131 Å². The standard InChI is InChI=1S/C31H26N2O4/c1-20-11-12-23(18-21(20)2)29(34)27-28(26-10-6-7-17-32-26)33(31(36)30(27)35)24-13-15-25(16-14-24)37-19-22-8-4-3-5-9-22/h3-18,28,34H,19H2,1-2H3/b29-27-. The fourth-order valence-electron chi connectivity index (χ4n) is 4.40. The van der Waals surface area contributed by atoms with Gasteiger partial charge in [-0.2, -0.15) is 0 Å². The molecule has 0 saturated carbocycles. The number of aromatic nitrogens is 1. The van der Waals surface area contributed by atoms with Crippen LogP contribution >= 0.6 is 0 Å². The molecule has 1 fully saturated rings. The predicted octanol–water partition coefficient (Wildman–Crippen LogP) is 5.90. The lowest BCUT2D eigenvalue weighted by molar-refractivity contribution is -0.132. The van der Waals surface area contributed by atoms with Crippen molar-refractivity contribution in [3.63, 3.8) is 0 Å². The van der Waals surface area contributed by atoms with Crippen molar-refractivity contribution in [2.45, 2.75) is 26.5 Å². The van der Waals surface area contributed by atoms with Crippen molar-refractivity contribution in [2.24, 2.45) is 0 Å². The van der Waals surface area contributed by atoms with Gasteiger partial charge in [-0.1, -0.05) is 48.5 Å². The number of pyridine rings is 1. The molecule has 1 unspecified atom stereocenters. The SMILES string of the molecule is Cc1ccc(/C(O)=C2/C(=O)C(=O)N(c3ccc(OCc4ccccc4)cc3)C2c2ccccn2)cc1C. The molecule has 1 aromatic heterocycles. The van der Waals surface area contributed by atoms with Gasteiger partial charge in [-0.05, 0) is 73.0 Å². The number of Topliss-reactive ketones (excluding diaryl/α,β-unsaturated/α-hetero) is 1. The van der Waals surface area contributed by atoms with Crippen LogP contribution in [0, 0.1) is 13.8 Å². The molecule has 1 aliphatic heterocycles. The highest BCUT2D eigenvalue weighted by molar-refractivity contribution is 6.51. The molecule has 4 aromatic rings. The summed E-state index contributed by atoms with van der Waals surface area (Å²) in [4.78, 5) is 32.4. The molecule has 37 heavy (non-hydrogen) atoms. The van der Waals surface area contributed by atoms with Gasteiger partial charge in [-0.3, -0.25) is 19.5 Å². The lowest BCUT2D eigenvalue weighted by Crippen LogP contribution is -2.29. The lowest BCUT2D eigenvalue weighted by atomic mass is 9.96. The monoisotopic (exact) mass is 490 g/mol. The van der Waals surface area contributed by atoms with Gasteiger partial charge in [-0.25, -0.2) is 0 Å². The molecule has 0 aliphatic carbocycles. The van der Waals surface area contributed by atoms with E-state index in [1.807, 2.05) is 56.3 Å². The summed E-state index contributed by atoms with van der Waals surface area (Å²) in [6.45, 7) is 4.32. The first-order chi connectivity index (χ1) is 17.9. The average molecular weight is 491 g/mol. The molecule has 1 amide bonds. The van der Waals surface area contributed by atoms with Gasteiger partial charge in [0.1, 0.15) is 24.2 Å². The second kappa shape index (κ2) is 10.1. The Hall–Kier alpha value is -4.71. The minimum absolute atomic E-state index is 0.0105. The van der Waals surface area contributed by atoms with E-state index in [1.54, 1.807) is 54.7 Å². The van der Waals surface area contributed by atoms with Crippen LogP contribution in [0.15, 0.2) is 103 Å². The molecule has 6 nitrogen and oxygen atoms in total. The first-order valence-electron chi connectivity index (χ1n) is 12.0. The van der Waals surface area contributed by atoms with Crippen LogP contribution < -0.4 is 9.64 Å². The normalized spacial score (nSPS) is 16.7. The number of aliphatic hydroxyl groups is 1. The Morgan fingerprint density at radius 1 is 0.892 bits per heavy atom. The highest BCUT2D eigenvalue weighted by Gasteiger charge is 2.47. The topological polar surface area (TPSA) is 79.7 Å². The number of hydrogen-bond donors (Lipinski definition) is 1. The molecule has 0 radical (unpaired) electrons. The maximum atomic E-state index is 13.3. The number of aryl methyl sites for hydroxylation is 2. The quantitative estimate of drug-likeness (QED) is 0.207. The van der Waals surface area contributed by atoms with E-state index >= 15 is 0 Å². The van der Waals surface area contributed by atoms with Crippen LogP contribution in [0.2, 0.25) is 0 Å². The van der Waals surface area contributed by atoms with E-state index in [0.29, 0.717) is 29.3 Å². The van der Waals surface area contributed by atoms with E-state index in [9.17, 15) is 14.7 Å². The van der Waals surface area contributed by atoms with Gasteiger partial charge in [0.15, 0.2) is 0 Å². The number of aliphatic hydroxyl groups excluding tert-OH is 1. The largest absolute Gasteiger partial charge is 0.507 e. The average Bonchev–Trinajstić information content (AvgIpc) is 3.20. The highest BCUT2D eigenvalue weighted by atomic mass is 16.5. The number of nitrogens with zero attached hydrogens (tertiary/aromatic N) is 2. The molecule has 1 atom stereocenters. The molecular formula is C31H26N2O4. The zero-order valence-electron chi connectivity index (χ0n) is 20.6. The van der Waals surface area contributed by atoms with E-state index < -0.39 is 17.7 Å². The van der Waals surface area contributed by atoms with Gasteiger partial charge in [0.2, 0.25) is 0 Å². The van der Waals surface area contributed by atoms with Crippen LogP contribution in [0.25, 0.3) is 5.76 Å². The zero-order valence-corrected chi connectivity index (χ0v) is 20.6. The fourth-order valence-corrected chi connectivity index (χ4v) is 4.40. The molecule has 1 aliphatic rings. The Balaban J connectivity index is 1.53. The molecule has 184 valence electrons. The van der Waals surface area contributed by atoms with Gasteiger partial charge in [0.25, 0.3) is 11.7 Å². The summed E-state index contributed by atoms with van der Waals surface area (Å²) in [5, 5.41) is 11.3. The number of anilines is 1. The molecule has 0 spiro atoms. The smallest absolute Gasteiger partial charge is 0.300 e. The summed E-state index contributed by atoms with van der Waals surface area (Å²) in [6.07, 6.45) is 1.60. The van der Waals surface area contributed by atoms with Crippen LogP contribution in [0.1, 0.15) is 34.0 Å². The van der Waals surface area contributed by atoms with Gasteiger partial charge < -0.3 is 9.84 Å². The van der Waals surface area contributed by atoms with Crippen molar-refractivity contribution in [3.8, 4) is 5.75 Å². The lowest BCUT2D eigenvalue weighted by Gasteiger charge is -2.24. The Kier molecular flexibility index (Phi) is 6.56. The Morgan fingerprint density at radius 3 is 2.30 bits per heavy atom. The number of ether oxygens (including phenoxy) is 1. The molecular weight excluding hydrogens is 464 g/mol. The third-order valence-electron chi connectivity index (χ3n) is 6.56. The van der Waals surface area contributed by atoms with Crippen molar-refractivity contribution >= 4 is 23.1 Å². The molecule has 5 rings (SSSR count). The highest BCUT2D eigenvalue weighted by Crippen LogP contribution is 2.41. The zero-order chi connectivity index (χ0) is 25.9. The van der Waals surface area contributed by atoms with E-state index in [1.165, 1.54) is 4.90 Å². The van der Waals surface area contributed by atoms with Crippen LogP contribution in [0.4, 0.5) is 5.69 Å². The van der Waals surface area contributed by atoms with Gasteiger partial charge in [-0.15, -0.1) is 0 Å². The first kappa shape index (κ1) is 24.0. The second-order valence-electron chi connectivity index (χ2n) is 8.99. The molecule has 6 heteroatoms. The fraction of sp³-hybridized carbons (Fsp3) is 0.129. The van der Waals surface area contributed by atoms with E-state index in [4.69, 9.17) is 4.74 Å².